The van der Waals surface area contributed by atoms with Crippen LogP contribution in [-0.4, -0.2) is 17.2 Å². The molecule has 1 unspecified atom stereocenters. The van der Waals surface area contributed by atoms with Crippen LogP contribution in [-0.2, 0) is 0 Å². The number of rotatable bonds is 3. The second kappa shape index (κ2) is 4.37. The van der Waals surface area contributed by atoms with Gasteiger partial charge in [0.25, 0.3) is 0 Å². The summed E-state index contributed by atoms with van der Waals surface area (Å²) in [5.74, 6) is 1.15. The van der Waals surface area contributed by atoms with Gasteiger partial charge in [0, 0.05) is 0 Å². The maximum Gasteiger partial charge on any atom is 0.230 e. The Morgan fingerprint density at radius 3 is 2.75 bits per heavy atom. The SMILES string of the molecule is COc1ccccc1-c1nc(C(C)O)co1. The Labute approximate surface area is 93.5 Å². The van der Waals surface area contributed by atoms with E-state index >= 15 is 0 Å². The third-order valence-corrected chi connectivity index (χ3v) is 2.29. The average Bonchev–Trinajstić information content (AvgIpc) is 2.78. The Morgan fingerprint density at radius 1 is 1.38 bits per heavy atom. The summed E-state index contributed by atoms with van der Waals surface area (Å²) in [5, 5.41) is 9.36. The van der Waals surface area contributed by atoms with Crippen molar-refractivity contribution >= 4 is 0 Å². The van der Waals surface area contributed by atoms with Gasteiger partial charge in [0.05, 0.1) is 18.8 Å². The molecule has 0 aliphatic heterocycles. The maximum absolute atomic E-state index is 9.36. The predicted molar refractivity (Wildman–Crippen MR) is 59.1 cm³/mol. The topological polar surface area (TPSA) is 55.5 Å². The highest BCUT2D eigenvalue weighted by molar-refractivity contribution is 5.62. The number of benzene rings is 1. The van der Waals surface area contributed by atoms with Crippen LogP contribution in [0.2, 0.25) is 0 Å². The Kier molecular flexibility index (Phi) is 2.92. The molecule has 0 spiro atoms. The van der Waals surface area contributed by atoms with Gasteiger partial charge < -0.3 is 14.3 Å². The Balaban J connectivity index is 2.42. The maximum atomic E-state index is 9.36. The normalized spacial score (nSPS) is 12.4. The van der Waals surface area contributed by atoms with Crippen LogP contribution in [0.3, 0.4) is 0 Å². The quantitative estimate of drug-likeness (QED) is 0.861. The van der Waals surface area contributed by atoms with Crippen LogP contribution in [0.1, 0.15) is 18.7 Å². The summed E-state index contributed by atoms with van der Waals surface area (Å²) < 4.78 is 10.5. The second-order valence-electron chi connectivity index (χ2n) is 3.45. The molecule has 84 valence electrons. The minimum absolute atomic E-state index is 0.452. The van der Waals surface area contributed by atoms with Crippen LogP contribution < -0.4 is 4.74 Å². The predicted octanol–water partition coefficient (Wildman–Crippen LogP) is 2.40. The smallest absolute Gasteiger partial charge is 0.230 e. The zero-order valence-corrected chi connectivity index (χ0v) is 9.18. The lowest BCUT2D eigenvalue weighted by molar-refractivity contribution is 0.194. The molecule has 1 aromatic heterocycles. The first-order chi connectivity index (χ1) is 7.72. The highest BCUT2D eigenvalue weighted by Crippen LogP contribution is 2.29. The Bertz CT molecular complexity index is 477. The summed E-state index contributed by atoms with van der Waals surface area (Å²) in [7, 11) is 1.59. The summed E-state index contributed by atoms with van der Waals surface area (Å²) in [6.07, 6.45) is 0.819. The van der Waals surface area contributed by atoms with E-state index in [9.17, 15) is 5.11 Å². The van der Waals surface area contributed by atoms with E-state index in [-0.39, 0.29) is 0 Å². The third-order valence-electron chi connectivity index (χ3n) is 2.29. The molecule has 1 aromatic carbocycles. The number of aliphatic hydroxyl groups is 1. The second-order valence-corrected chi connectivity index (χ2v) is 3.45. The van der Waals surface area contributed by atoms with Crippen molar-refractivity contribution in [2.45, 2.75) is 13.0 Å². The molecule has 1 heterocycles. The summed E-state index contributed by atoms with van der Waals surface area (Å²) in [6, 6.07) is 7.45. The van der Waals surface area contributed by atoms with Crippen molar-refractivity contribution < 1.29 is 14.3 Å². The first-order valence-electron chi connectivity index (χ1n) is 4.99. The molecule has 0 saturated carbocycles. The monoisotopic (exact) mass is 219 g/mol. The van der Waals surface area contributed by atoms with Crippen LogP contribution in [0.25, 0.3) is 11.5 Å². The number of aliphatic hydroxyl groups excluding tert-OH is 1. The molecular formula is C12H13NO3. The van der Waals surface area contributed by atoms with Gasteiger partial charge >= 0.3 is 0 Å². The molecule has 16 heavy (non-hydrogen) atoms. The molecule has 0 aliphatic carbocycles. The van der Waals surface area contributed by atoms with E-state index < -0.39 is 6.10 Å². The third kappa shape index (κ3) is 1.92. The Morgan fingerprint density at radius 2 is 2.12 bits per heavy atom. The van der Waals surface area contributed by atoms with Crippen LogP contribution in [0, 0.1) is 0 Å². The molecule has 0 radical (unpaired) electrons. The molecule has 4 heteroatoms. The van der Waals surface area contributed by atoms with Gasteiger partial charge in [-0.1, -0.05) is 12.1 Å². The van der Waals surface area contributed by atoms with Gasteiger partial charge in [-0.3, -0.25) is 0 Å². The highest BCUT2D eigenvalue weighted by atomic mass is 16.5. The van der Waals surface area contributed by atoms with Crippen LogP contribution in [0.5, 0.6) is 5.75 Å². The van der Waals surface area contributed by atoms with Crippen LogP contribution in [0.15, 0.2) is 34.9 Å². The number of para-hydroxylation sites is 1. The van der Waals surface area contributed by atoms with Gasteiger partial charge in [-0.15, -0.1) is 0 Å². The molecule has 0 aliphatic rings. The van der Waals surface area contributed by atoms with Crippen molar-refractivity contribution in [3.05, 3.63) is 36.2 Å². The minimum Gasteiger partial charge on any atom is -0.496 e. The fourth-order valence-corrected chi connectivity index (χ4v) is 1.42. The van der Waals surface area contributed by atoms with E-state index in [4.69, 9.17) is 9.15 Å². The van der Waals surface area contributed by atoms with Crippen molar-refractivity contribution in [2.24, 2.45) is 0 Å². The molecular weight excluding hydrogens is 206 g/mol. The van der Waals surface area contributed by atoms with Crippen molar-refractivity contribution in [2.75, 3.05) is 7.11 Å². The molecule has 0 bridgehead atoms. The zero-order valence-electron chi connectivity index (χ0n) is 9.18. The molecule has 2 rings (SSSR count). The fraction of sp³-hybridized carbons (Fsp3) is 0.250. The lowest BCUT2D eigenvalue weighted by Crippen LogP contribution is -1.91. The molecule has 1 atom stereocenters. The highest BCUT2D eigenvalue weighted by Gasteiger charge is 2.13. The first kappa shape index (κ1) is 10.7. The number of oxazole rings is 1. The van der Waals surface area contributed by atoms with Gasteiger partial charge in [-0.25, -0.2) is 4.98 Å². The van der Waals surface area contributed by atoms with Crippen molar-refractivity contribution in [3.8, 4) is 17.2 Å². The van der Waals surface area contributed by atoms with E-state index in [2.05, 4.69) is 4.98 Å². The molecule has 0 saturated heterocycles. The zero-order chi connectivity index (χ0) is 11.5. The van der Waals surface area contributed by atoms with E-state index in [1.165, 1.54) is 6.26 Å². The van der Waals surface area contributed by atoms with Crippen molar-refractivity contribution in [3.63, 3.8) is 0 Å². The van der Waals surface area contributed by atoms with Gasteiger partial charge in [0.2, 0.25) is 5.89 Å². The number of nitrogens with zero attached hydrogens (tertiary/aromatic N) is 1. The number of methoxy groups -OCH3 is 1. The minimum atomic E-state index is -0.632. The van der Waals surface area contributed by atoms with Crippen LogP contribution in [0.4, 0.5) is 0 Å². The first-order valence-corrected chi connectivity index (χ1v) is 4.99. The van der Waals surface area contributed by atoms with Gasteiger partial charge in [0.15, 0.2) is 0 Å². The fourth-order valence-electron chi connectivity index (χ4n) is 1.42. The molecule has 4 nitrogen and oxygen atoms in total. The molecule has 2 aromatic rings. The van der Waals surface area contributed by atoms with Gasteiger partial charge in [0.1, 0.15) is 17.7 Å². The summed E-state index contributed by atoms with van der Waals surface area (Å²) in [4.78, 5) is 4.19. The lowest BCUT2D eigenvalue weighted by atomic mass is 10.2. The van der Waals surface area contributed by atoms with E-state index in [1.807, 2.05) is 24.3 Å². The number of hydrogen-bond donors (Lipinski definition) is 1. The largest absolute Gasteiger partial charge is 0.496 e. The summed E-state index contributed by atoms with van der Waals surface area (Å²) in [6.45, 7) is 1.64. The number of ether oxygens (including phenoxy) is 1. The number of hydrogen-bond acceptors (Lipinski definition) is 4. The summed E-state index contributed by atoms with van der Waals surface area (Å²) >= 11 is 0. The van der Waals surface area contributed by atoms with Gasteiger partial charge in [-0.2, -0.15) is 0 Å². The number of aromatic nitrogens is 1. The lowest BCUT2D eigenvalue weighted by Gasteiger charge is -2.03. The van der Waals surface area contributed by atoms with Crippen molar-refractivity contribution in [1.29, 1.82) is 0 Å². The molecule has 1 N–H and O–H groups in total. The molecule has 0 amide bonds. The molecule has 0 fully saturated rings. The summed E-state index contributed by atoms with van der Waals surface area (Å²) in [5.41, 5.74) is 1.29. The van der Waals surface area contributed by atoms with E-state index in [1.54, 1.807) is 14.0 Å². The standard InChI is InChI=1S/C12H13NO3/c1-8(14)10-7-16-12(13-10)9-5-3-4-6-11(9)15-2/h3-8,14H,1-2H3. The van der Waals surface area contributed by atoms with E-state index in [0.717, 1.165) is 5.56 Å². The van der Waals surface area contributed by atoms with Gasteiger partial charge in [-0.05, 0) is 19.1 Å². The average molecular weight is 219 g/mol. The van der Waals surface area contributed by atoms with E-state index in [0.29, 0.717) is 17.3 Å². The van der Waals surface area contributed by atoms with Crippen molar-refractivity contribution in [1.82, 2.24) is 4.98 Å². The van der Waals surface area contributed by atoms with Crippen LogP contribution >= 0.6 is 0 Å². The Hall–Kier alpha value is -1.81.